The quantitative estimate of drug-likeness (QED) is 0.870. The molecule has 1 heterocycles. The van der Waals surface area contributed by atoms with Crippen LogP contribution in [0, 0.1) is 5.92 Å². The summed E-state index contributed by atoms with van der Waals surface area (Å²) in [6, 6.07) is 0.970. The Morgan fingerprint density at radius 2 is 2.30 bits per heavy atom. The maximum Gasteiger partial charge on any atom is 0.0538 e. The molecule has 0 amide bonds. The molecule has 1 aromatic heterocycles. The number of nitrogens with zero attached hydrogens (tertiary/aromatic N) is 3. The fourth-order valence-corrected chi connectivity index (χ4v) is 3.47. The monoisotopic (exact) mass is 278 g/mol. The zero-order valence-electron chi connectivity index (χ0n) is 13.3. The number of rotatable bonds is 6. The fourth-order valence-electron chi connectivity index (χ4n) is 3.47. The number of likely N-dealkylation sites (N-methyl/N-ethyl adjacent to an activating group) is 1. The first kappa shape index (κ1) is 15.5. The Morgan fingerprint density at radius 3 is 2.95 bits per heavy atom. The van der Waals surface area contributed by atoms with Gasteiger partial charge < -0.3 is 5.73 Å². The topological polar surface area (TPSA) is 47.1 Å². The third-order valence-corrected chi connectivity index (χ3v) is 4.69. The van der Waals surface area contributed by atoms with Gasteiger partial charge in [-0.15, -0.1) is 0 Å². The van der Waals surface area contributed by atoms with Crippen molar-refractivity contribution in [1.29, 1.82) is 0 Å². The Labute approximate surface area is 123 Å². The first-order valence-corrected chi connectivity index (χ1v) is 8.10. The minimum atomic E-state index is 0.302. The molecule has 1 aromatic rings. The first-order valence-electron chi connectivity index (χ1n) is 8.10. The molecular formula is C16H30N4. The summed E-state index contributed by atoms with van der Waals surface area (Å²) in [7, 11) is 2.23. The van der Waals surface area contributed by atoms with Gasteiger partial charge in [-0.2, -0.15) is 5.10 Å². The highest BCUT2D eigenvalue weighted by molar-refractivity contribution is 5.11. The Balaban J connectivity index is 2.05. The van der Waals surface area contributed by atoms with Gasteiger partial charge in [0, 0.05) is 30.9 Å². The van der Waals surface area contributed by atoms with Crippen molar-refractivity contribution in [3.63, 3.8) is 0 Å². The van der Waals surface area contributed by atoms with Crippen molar-refractivity contribution in [2.24, 2.45) is 11.7 Å². The zero-order chi connectivity index (χ0) is 14.5. The van der Waals surface area contributed by atoms with E-state index in [-0.39, 0.29) is 0 Å². The van der Waals surface area contributed by atoms with E-state index in [1.165, 1.54) is 31.2 Å². The van der Waals surface area contributed by atoms with Crippen LogP contribution in [0.3, 0.4) is 0 Å². The molecule has 0 radical (unpaired) electrons. The van der Waals surface area contributed by atoms with Gasteiger partial charge in [0.15, 0.2) is 0 Å². The second-order valence-electron chi connectivity index (χ2n) is 6.38. The van der Waals surface area contributed by atoms with Gasteiger partial charge in [-0.3, -0.25) is 9.58 Å². The number of aromatic nitrogens is 2. The van der Waals surface area contributed by atoms with Crippen molar-refractivity contribution in [2.45, 2.75) is 64.6 Å². The molecule has 0 bridgehead atoms. The number of hydrogen-bond donors (Lipinski definition) is 1. The SMILES string of the molecule is CCCn1cc(C(CN)N(C)C2CCCC(C)C2)cn1. The largest absolute Gasteiger partial charge is 0.329 e. The third kappa shape index (κ3) is 3.61. The molecule has 0 aliphatic heterocycles. The van der Waals surface area contributed by atoms with Crippen molar-refractivity contribution in [1.82, 2.24) is 14.7 Å². The molecular weight excluding hydrogens is 248 g/mol. The lowest BCUT2D eigenvalue weighted by molar-refractivity contribution is 0.121. The van der Waals surface area contributed by atoms with Gasteiger partial charge in [0.2, 0.25) is 0 Å². The van der Waals surface area contributed by atoms with Crippen LogP contribution in [0.1, 0.15) is 57.6 Å². The first-order chi connectivity index (χ1) is 9.65. The highest BCUT2D eigenvalue weighted by atomic mass is 15.3. The van der Waals surface area contributed by atoms with Gasteiger partial charge in [0.05, 0.1) is 12.2 Å². The van der Waals surface area contributed by atoms with Crippen LogP contribution in [-0.2, 0) is 6.54 Å². The number of hydrogen-bond acceptors (Lipinski definition) is 3. The van der Waals surface area contributed by atoms with Gasteiger partial charge in [-0.25, -0.2) is 0 Å². The molecule has 2 rings (SSSR count). The fraction of sp³-hybridized carbons (Fsp3) is 0.812. The molecule has 0 saturated heterocycles. The van der Waals surface area contributed by atoms with Crippen molar-refractivity contribution in [2.75, 3.05) is 13.6 Å². The van der Waals surface area contributed by atoms with E-state index in [2.05, 4.69) is 37.1 Å². The molecule has 20 heavy (non-hydrogen) atoms. The highest BCUT2D eigenvalue weighted by Crippen LogP contribution is 2.31. The summed E-state index contributed by atoms with van der Waals surface area (Å²) in [5, 5.41) is 4.45. The van der Waals surface area contributed by atoms with Gasteiger partial charge in [-0.1, -0.05) is 26.7 Å². The van der Waals surface area contributed by atoms with Crippen molar-refractivity contribution >= 4 is 0 Å². The smallest absolute Gasteiger partial charge is 0.0538 e. The van der Waals surface area contributed by atoms with Crippen LogP contribution in [0.15, 0.2) is 12.4 Å². The summed E-state index contributed by atoms with van der Waals surface area (Å²) in [5.74, 6) is 0.845. The van der Waals surface area contributed by atoms with Gasteiger partial charge in [0.1, 0.15) is 0 Å². The van der Waals surface area contributed by atoms with Crippen LogP contribution in [0.25, 0.3) is 0 Å². The lowest BCUT2D eigenvalue weighted by atomic mass is 9.85. The zero-order valence-corrected chi connectivity index (χ0v) is 13.3. The summed E-state index contributed by atoms with van der Waals surface area (Å²) in [4.78, 5) is 2.49. The molecule has 1 saturated carbocycles. The van der Waals surface area contributed by atoms with Gasteiger partial charge in [-0.05, 0) is 32.2 Å². The lowest BCUT2D eigenvalue weighted by Gasteiger charge is -2.38. The van der Waals surface area contributed by atoms with Gasteiger partial charge in [0.25, 0.3) is 0 Å². The van der Waals surface area contributed by atoms with Crippen LogP contribution in [0.5, 0.6) is 0 Å². The summed E-state index contributed by atoms with van der Waals surface area (Å²) in [6.07, 6.45) is 10.6. The van der Waals surface area contributed by atoms with Crippen LogP contribution in [0.2, 0.25) is 0 Å². The van der Waals surface area contributed by atoms with E-state index >= 15 is 0 Å². The number of aryl methyl sites for hydroxylation is 1. The Bertz CT molecular complexity index is 401. The van der Waals surface area contributed by atoms with Crippen LogP contribution in [0.4, 0.5) is 0 Å². The molecule has 114 valence electrons. The van der Waals surface area contributed by atoms with E-state index in [9.17, 15) is 0 Å². The average Bonchev–Trinajstić information content (AvgIpc) is 2.88. The van der Waals surface area contributed by atoms with Crippen molar-refractivity contribution in [3.05, 3.63) is 18.0 Å². The maximum absolute atomic E-state index is 6.05. The Morgan fingerprint density at radius 1 is 1.50 bits per heavy atom. The third-order valence-electron chi connectivity index (χ3n) is 4.69. The molecule has 1 aliphatic rings. The molecule has 4 heteroatoms. The van der Waals surface area contributed by atoms with Crippen LogP contribution >= 0.6 is 0 Å². The van der Waals surface area contributed by atoms with E-state index in [1.54, 1.807) is 0 Å². The highest BCUT2D eigenvalue weighted by Gasteiger charge is 2.27. The molecule has 0 aromatic carbocycles. The summed E-state index contributed by atoms with van der Waals surface area (Å²) >= 11 is 0. The normalized spacial score (nSPS) is 25.1. The van der Waals surface area contributed by atoms with E-state index in [1.807, 2.05) is 10.9 Å². The van der Waals surface area contributed by atoms with Crippen LogP contribution in [-0.4, -0.2) is 34.3 Å². The lowest BCUT2D eigenvalue weighted by Crippen LogP contribution is -2.40. The maximum atomic E-state index is 6.05. The molecule has 1 fully saturated rings. The Kier molecular flexibility index (Phi) is 5.61. The minimum absolute atomic E-state index is 0.302. The van der Waals surface area contributed by atoms with E-state index < -0.39 is 0 Å². The minimum Gasteiger partial charge on any atom is -0.329 e. The molecule has 2 N–H and O–H groups in total. The second kappa shape index (κ2) is 7.23. The average molecular weight is 278 g/mol. The second-order valence-corrected chi connectivity index (χ2v) is 6.38. The van der Waals surface area contributed by atoms with E-state index in [4.69, 9.17) is 5.73 Å². The molecule has 0 spiro atoms. The standard InChI is InChI=1S/C16H30N4/c1-4-8-20-12-14(11-18-20)16(10-17)19(3)15-7-5-6-13(2)9-15/h11-13,15-16H,4-10,17H2,1-3H3. The molecule has 3 atom stereocenters. The molecule has 3 unspecified atom stereocenters. The molecule has 4 nitrogen and oxygen atoms in total. The summed E-state index contributed by atoms with van der Waals surface area (Å²) in [5.41, 5.74) is 7.32. The van der Waals surface area contributed by atoms with Crippen LogP contribution < -0.4 is 5.73 Å². The molecule has 1 aliphatic carbocycles. The van der Waals surface area contributed by atoms with Gasteiger partial charge >= 0.3 is 0 Å². The van der Waals surface area contributed by atoms with Crippen molar-refractivity contribution in [3.8, 4) is 0 Å². The summed E-state index contributed by atoms with van der Waals surface area (Å²) in [6.45, 7) is 6.20. The predicted molar refractivity (Wildman–Crippen MR) is 83.5 cm³/mol. The Hall–Kier alpha value is -0.870. The van der Waals surface area contributed by atoms with E-state index in [0.29, 0.717) is 18.6 Å². The summed E-state index contributed by atoms with van der Waals surface area (Å²) < 4.78 is 2.04. The van der Waals surface area contributed by atoms with E-state index in [0.717, 1.165) is 18.9 Å². The predicted octanol–water partition coefficient (Wildman–Crippen LogP) is 2.80. The van der Waals surface area contributed by atoms with Crippen molar-refractivity contribution < 1.29 is 0 Å². The number of nitrogens with two attached hydrogens (primary N) is 1.